The predicted octanol–water partition coefficient (Wildman–Crippen LogP) is 5.32. The molecule has 1 heterocycles. The van der Waals surface area contributed by atoms with Crippen molar-refractivity contribution in [3.63, 3.8) is 0 Å². The first-order valence-corrected chi connectivity index (χ1v) is 7.17. The fourth-order valence-corrected chi connectivity index (χ4v) is 2.78. The lowest BCUT2D eigenvalue weighted by molar-refractivity contribution is 0.468. The van der Waals surface area contributed by atoms with Crippen molar-refractivity contribution in [2.75, 3.05) is 5.32 Å². The maximum atomic E-state index is 6.10. The highest BCUT2D eigenvalue weighted by Gasteiger charge is 2.36. The lowest BCUT2D eigenvalue weighted by Crippen LogP contribution is -1.99. The molecule has 1 aliphatic rings. The molecule has 1 N–H and O–H groups in total. The van der Waals surface area contributed by atoms with E-state index in [9.17, 15) is 0 Å². The van der Waals surface area contributed by atoms with Crippen LogP contribution in [0.25, 0.3) is 0 Å². The van der Waals surface area contributed by atoms with Gasteiger partial charge in [-0.05, 0) is 36.6 Å². The average molecular weight is 296 g/mol. The zero-order valence-electron chi connectivity index (χ0n) is 10.6. The summed E-state index contributed by atoms with van der Waals surface area (Å²) >= 11 is 12.2. The monoisotopic (exact) mass is 295 g/mol. The van der Waals surface area contributed by atoms with Gasteiger partial charge in [-0.2, -0.15) is 0 Å². The molecule has 2 unspecified atom stereocenters. The lowest BCUT2D eigenvalue weighted by Gasteiger charge is -2.08. The predicted molar refractivity (Wildman–Crippen MR) is 79.0 cm³/mol. The van der Waals surface area contributed by atoms with Crippen LogP contribution in [-0.4, -0.2) is 0 Å². The van der Waals surface area contributed by atoms with Crippen molar-refractivity contribution in [3.05, 3.63) is 51.9 Å². The number of hydrogen-bond acceptors (Lipinski definition) is 2. The van der Waals surface area contributed by atoms with Crippen LogP contribution in [-0.2, 0) is 6.54 Å². The normalized spacial score (nSPS) is 21.4. The zero-order chi connectivity index (χ0) is 13.4. The summed E-state index contributed by atoms with van der Waals surface area (Å²) in [4.78, 5) is 0. The van der Waals surface area contributed by atoms with Gasteiger partial charge in [0.25, 0.3) is 0 Å². The van der Waals surface area contributed by atoms with Crippen molar-refractivity contribution >= 4 is 28.9 Å². The molecule has 1 aromatic carbocycles. The van der Waals surface area contributed by atoms with Gasteiger partial charge in [0.05, 0.1) is 22.3 Å². The van der Waals surface area contributed by atoms with Gasteiger partial charge in [0, 0.05) is 5.92 Å². The number of furan rings is 1. The Hall–Kier alpha value is -1.12. The van der Waals surface area contributed by atoms with Gasteiger partial charge in [-0.25, -0.2) is 0 Å². The minimum absolute atomic E-state index is 0.588. The van der Waals surface area contributed by atoms with E-state index < -0.39 is 0 Å². The van der Waals surface area contributed by atoms with E-state index in [4.69, 9.17) is 27.6 Å². The Balaban J connectivity index is 1.67. The van der Waals surface area contributed by atoms with E-state index >= 15 is 0 Å². The van der Waals surface area contributed by atoms with Gasteiger partial charge in [-0.3, -0.25) is 0 Å². The van der Waals surface area contributed by atoms with Crippen molar-refractivity contribution in [2.45, 2.75) is 25.8 Å². The van der Waals surface area contributed by atoms with Crippen LogP contribution in [0.3, 0.4) is 0 Å². The molecule has 2 aromatic rings. The summed E-state index contributed by atoms with van der Waals surface area (Å²) in [7, 11) is 0. The molecule has 0 aliphatic heterocycles. The van der Waals surface area contributed by atoms with Crippen molar-refractivity contribution in [1.82, 2.24) is 0 Å². The molecule has 1 aliphatic carbocycles. The highest BCUT2D eigenvalue weighted by atomic mass is 35.5. The molecule has 1 saturated carbocycles. The van der Waals surface area contributed by atoms with E-state index in [1.807, 2.05) is 24.3 Å². The fourth-order valence-electron chi connectivity index (χ4n) is 2.25. The third-order valence-electron chi connectivity index (χ3n) is 3.56. The standard InChI is InChI=1S/C15H15Cl2NO/c1-9-7-11(9)14-6-5-10(19-14)8-18-15-12(16)3-2-4-13(15)17/h2-6,9,11,18H,7-8H2,1H3. The van der Waals surface area contributed by atoms with Crippen LogP contribution in [0.5, 0.6) is 0 Å². The smallest absolute Gasteiger partial charge is 0.123 e. The van der Waals surface area contributed by atoms with Crippen LogP contribution < -0.4 is 5.32 Å². The number of nitrogens with one attached hydrogen (secondary N) is 1. The van der Waals surface area contributed by atoms with E-state index in [1.54, 1.807) is 0 Å². The van der Waals surface area contributed by atoms with E-state index in [1.165, 1.54) is 6.42 Å². The highest BCUT2D eigenvalue weighted by molar-refractivity contribution is 6.39. The molecule has 1 aromatic heterocycles. The van der Waals surface area contributed by atoms with Crippen LogP contribution in [0, 0.1) is 5.92 Å². The van der Waals surface area contributed by atoms with Crippen LogP contribution in [0.1, 0.15) is 30.8 Å². The molecule has 2 nitrogen and oxygen atoms in total. The van der Waals surface area contributed by atoms with Crippen LogP contribution in [0.15, 0.2) is 34.7 Å². The van der Waals surface area contributed by atoms with E-state index in [-0.39, 0.29) is 0 Å². The minimum Gasteiger partial charge on any atom is -0.464 e. The van der Waals surface area contributed by atoms with Crippen LogP contribution in [0.4, 0.5) is 5.69 Å². The number of halogens is 2. The van der Waals surface area contributed by atoms with Crippen molar-refractivity contribution in [3.8, 4) is 0 Å². The summed E-state index contributed by atoms with van der Waals surface area (Å²) in [6.07, 6.45) is 1.23. The molecule has 0 bridgehead atoms. The Morgan fingerprint density at radius 3 is 2.53 bits per heavy atom. The molecule has 0 spiro atoms. The molecule has 0 saturated heterocycles. The quantitative estimate of drug-likeness (QED) is 0.825. The topological polar surface area (TPSA) is 25.2 Å². The maximum absolute atomic E-state index is 6.10. The Morgan fingerprint density at radius 1 is 1.21 bits per heavy atom. The summed E-state index contributed by atoms with van der Waals surface area (Å²) in [6, 6.07) is 9.54. The summed E-state index contributed by atoms with van der Waals surface area (Å²) < 4.78 is 5.83. The largest absolute Gasteiger partial charge is 0.464 e. The van der Waals surface area contributed by atoms with Crippen molar-refractivity contribution in [2.24, 2.45) is 5.92 Å². The van der Waals surface area contributed by atoms with Gasteiger partial charge in [0.15, 0.2) is 0 Å². The Kier molecular flexibility index (Phi) is 3.46. The van der Waals surface area contributed by atoms with E-state index in [0.29, 0.717) is 22.5 Å². The number of rotatable bonds is 4. The summed E-state index contributed by atoms with van der Waals surface area (Å²) in [5.74, 6) is 3.36. The molecule has 0 amide bonds. The second-order valence-corrected chi connectivity index (χ2v) is 5.89. The number of para-hydroxylation sites is 1. The number of benzene rings is 1. The first-order valence-electron chi connectivity index (χ1n) is 6.41. The SMILES string of the molecule is CC1CC1c1ccc(CNc2c(Cl)cccc2Cl)o1. The fraction of sp³-hybridized carbons (Fsp3) is 0.333. The average Bonchev–Trinajstić information content (AvgIpc) is 2.92. The Labute approximate surface area is 122 Å². The van der Waals surface area contributed by atoms with Gasteiger partial charge in [-0.1, -0.05) is 36.2 Å². The molecular weight excluding hydrogens is 281 g/mol. The van der Waals surface area contributed by atoms with E-state index in [2.05, 4.69) is 18.3 Å². The van der Waals surface area contributed by atoms with Gasteiger partial charge in [-0.15, -0.1) is 0 Å². The third-order valence-corrected chi connectivity index (χ3v) is 4.19. The molecule has 1 fully saturated rings. The lowest BCUT2D eigenvalue weighted by atomic mass is 10.3. The molecule has 0 radical (unpaired) electrons. The van der Waals surface area contributed by atoms with Crippen molar-refractivity contribution in [1.29, 1.82) is 0 Å². The molecule has 4 heteroatoms. The van der Waals surface area contributed by atoms with Crippen LogP contribution >= 0.6 is 23.2 Å². The third kappa shape index (κ3) is 2.75. The van der Waals surface area contributed by atoms with E-state index in [0.717, 1.165) is 23.1 Å². The molecule has 100 valence electrons. The van der Waals surface area contributed by atoms with Crippen LogP contribution in [0.2, 0.25) is 10.0 Å². The number of hydrogen-bond donors (Lipinski definition) is 1. The van der Waals surface area contributed by atoms with Gasteiger partial charge < -0.3 is 9.73 Å². The summed E-state index contributed by atoms with van der Waals surface area (Å²) in [6.45, 7) is 2.83. The minimum atomic E-state index is 0.588. The first kappa shape index (κ1) is 12.9. The zero-order valence-corrected chi connectivity index (χ0v) is 12.1. The second-order valence-electron chi connectivity index (χ2n) is 5.07. The first-order chi connectivity index (χ1) is 9.15. The summed E-state index contributed by atoms with van der Waals surface area (Å²) in [5.41, 5.74) is 0.753. The van der Waals surface area contributed by atoms with Gasteiger partial charge >= 0.3 is 0 Å². The Morgan fingerprint density at radius 2 is 1.89 bits per heavy atom. The summed E-state index contributed by atoms with van der Waals surface area (Å²) in [5, 5.41) is 4.46. The second kappa shape index (κ2) is 5.10. The molecule has 19 heavy (non-hydrogen) atoms. The van der Waals surface area contributed by atoms with Gasteiger partial charge in [0.1, 0.15) is 11.5 Å². The molecule has 2 atom stereocenters. The molecular formula is C15H15Cl2NO. The Bertz CT molecular complexity index is 573. The molecule has 3 rings (SSSR count). The van der Waals surface area contributed by atoms with Crippen molar-refractivity contribution < 1.29 is 4.42 Å². The highest BCUT2D eigenvalue weighted by Crippen LogP contribution is 2.47. The van der Waals surface area contributed by atoms with Gasteiger partial charge in [0.2, 0.25) is 0 Å². The number of anilines is 1. The maximum Gasteiger partial charge on any atom is 0.123 e.